The molecule has 0 bridgehead atoms. The van der Waals surface area contributed by atoms with Crippen molar-refractivity contribution in [2.75, 3.05) is 11.9 Å². The lowest BCUT2D eigenvalue weighted by Crippen LogP contribution is -2.06. The van der Waals surface area contributed by atoms with Gasteiger partial charge in [0.15, 0.2) is 0 Å². The van der Waals surface area contributed by atoms with Crippen LogP contribution in [0.5, 0.6) is 0 Å². The summed E-state index contributed by atoms with van der Waals surface area (Å²) >= 11 is 5.07. The first-order chi connectivity index (χ1) is 10.1. The second kappa shape index (κ2) is 5.82. The van der Waals surface area contributed by atoms with Crippen LogP contribution in [0.15, 0.2) is 40.3 Å². The number of halogens is 1. The van der Waals surface area contributed by atoms with E-state index in [1.807, 2.05) is 12.1 Å². The molecule has 0 amide bonds. The van der Waals surface area contributed by atoms with Crippen molar-refractivity contribution in [2.24, 2.45) is 0 Å². The number of nitrogens with one attached hydrogen (secondary N) is 1. The summed E-state index contributed by atoms with van der Waals surface area (Å²) in [6.45, 7) is 0.595. The van der Waals surface area contributed by atoms with Gasteiger partial charge in [-0.1, -0.05) is 6.07 Å². The molecule has 0 aliphatic rings. The molecule has 3 aromatic rings. The average molecular weight is 367 g/mol. The Kier molecular flexibility index (Phi) is 3.89. The van der Waals surface area contributed by atoms with Crippen LogP contribution in [0.4, 0.5) is 11.6 Å². The van der Waals surface area contributed by atoms with Crippen molar-refractivity contribution in [2.45, 2.75) is 6.42 Å². The maximum Gasteiger partial charge on any atom is 0.372 e. The zero-order valence-corrected chi connectivity index (χ0v) is 13.2. The maximum absolute atomic E-state index is 11.2. The van der Waals surface area contributed by atoms with Gasteiger partial charge in [-0.05, 0) is 45.5 Å². The summed E-state index contributed by atoms with van der Waals surface area (Å²) < 4.78 is 2.56. The Hall–Kier alpha value is -1.93. The molecule has 1 N–H and O–H groups in total. The number of fused-ring (bicyclic) bond motifs is 1. The van der Waals surface area contributed by atoms with Gasteiger partial charge in [0, 0.05) is 17.5 Å². The third kappa shape index (κ3) is 2.91. The van der Waals surface area contributed by atoms with Crippen LogP contribution in [-0.2, 0) is 6.42 Å². The number of thiophene rings is 1. The topological polar surface area (TPSA) is 72.5 Å². The molecule has 0 radical (unpaired) electrons. The molecule has 0 aliphatic carbocycles. The van der Waals surface area contributed by atoms with Gasteiger partial charge in [0.25, 0.3) is 0 Å². The Morgan fingerprint density at radius 1 is 1.38 bits per heavy atom. The first kappa shape index (κ1) is 14.0. The fourth-order valence-corrected chi connectivity index (χ4v) is 3.55. The van der Waals surface area contributed by atoms with Crippen LogP contribution in [0.2, 0.25) is 0 Å². The molecule has 108 valence electrons. The molecule has 0 unspecified atom stereocenters. The molecule has 6 nitrogen and oxygen atoms in total. The van der Waals surface area contributed by atoms with Gasteiger partial charge < -0.3 is 15.4 Å². The zero-order chi connectivity index (χ0) is 14.8. The quantitative estimate of drug-likeness (QED) is 0.551. The molecule has 3 heterocycles. The molecule has 0 saturated carbocycles. The zero-order valence-electron chi connectivity index (χ0n) is 10.8. The number of nitro groups is 1. The van der Waals surface area contributed by atoms with Crippen molar-refractivity contribution in [1.82, 2.24) is 9.38 Å². The summed E-state index contributed by atoms with van der Waals surface area (Å²) in [6.07, 6.45) is 2.43. The second-order valence-corrected chi connectivity index (χ2v) is 6.90. The van der Waals surface area contributed by atoms with Crippen molar-refractivity contribution >= 4 is 44.5 Å². The van der Waals surface area contributed by atoms with Crippen molar-refractivity contribution in [3.8, 4) is 0 Å². The van der Waals surface area contributed by atoms with E-state index < -0.39 is 4.92 Å². The molecule has 3 aromatic heterocycles. The van der Waals surface area contributed by atoms with Gasteiger partial charge in [-0.15, -0.1) is 11.3 Å². The molecule has 8 heteroatoms. The lowest BCUT2D eigenvalue weighted by molar-refractivity contribution is -0.389. The summed E-state index contributed by atoms with van der Waals surface area (Å²) in [5, 5.41) is 14.3. The minimum absolute atomic E-state index is 0.0297. The number of imidazole rings is 1. The van der Waals surface area contributed by atoms with Gasteiger partial charge in [-0.3, -0.25) is 0 Å². The Balaban J connectivity index is 1.80. The molecule has 3 rings (SSSR count). The smallest absolute Gasteiger partial charge is 0.363 e. The van der Waals surface area contributed by atoms with Gasteiger partial charge in [-0.2, -0.15) is 9.38 Å². The Labute approximate surface area is 132 Å². The summed E-state index contributed by atoms with van der Waals surface area (Å²) in [7, 11) is 0. The highest BCUT2D eigenvalue weighted by Crippen LogP contribution is 2.26. The standard InChI is InChI=1S/C13H11BrN4O2S/c14-10-5-4-9(21-10)6-7-15-12-13(18(19)20)17-8-2-1-3-11(17)16-12/h1-5,8,15H,6-7H2. The maximum atomic E-state index is 11.2. The van der Waals surface area contributed by atoms with Crippen molar-refractivity contribution < 1.29 is 4.92 Å². The summed E-state index contributed by atoms with van der Waals surface area (Å²) in [6, 6.07) is 9.32. The Bertz CT molecular complexity index is 798. The largest absolute Gasteiger partial charge is 0.372 e. The first-order valence-corrected chi connectivity index (χ1v) is 7.85. The summed E-state index contributed by atoms with van der Waals surface area (Å²) in [4.78, 5) is 16.3. The number of hydrogen-bond donors (Lipinski definition) is 1. The monoisotopic (exact) mass is 366 g/mol. The predicted molar refractivity (Wildman–Crippen MR) is 86.1 cm³/mol. The van der Waals surface area contributed by atoms with Crippen LogP contribution in [0.25, 0.3) is 5.65 Å². The summed E-state index contributed by atoms with van der Waals surface area (Å²) in [5.41, 5.74) is 0.561. The van der Waals surface area contributed by atoms with Crippen molar-refractivity contribution in [3.63, 3.8) is 0 Å². The average Bonchev–Trinajstić information content (AvgIpc) is 3.02. The SMILES string of the molecule is O=[N+]([O-])c1c(NCCc2ccc(Br)s2)nc2ccccn12. The van der Waals surface area contributed by atoms with E-state index in [1.54, 1.807) is 35.7 Å². The molecule has 0 fully saturated rings. The van der Waals surface area contributed by atoms with Gasteiger partial charge >= 0.3 is 5.82 Å². The van der Waals surface area contributed by atoms with Crippen LogP contribution in [0.1, 0.15) is 4.88 Å². The highest BCUT2D eigenvalue weighted by molar-refractivity contribution is 9.11. The van der Waals surface area contributed by atoms with Gasteiger partial charge in [0.2, 0.25) is 11.5 Å². The summed E-state index contributed by atoms with van der Waals surface area (Å²) in [5.74, 6) is 0.278. The van der Waals surface area contributed by atoms with E-state index in [2.05, 4.69) is 26.2 Å². The van der Waals surface area contributed by atoms with E-state index in [4.69, 9.17) is 0 Å². The molecule has 0 spiro atoms. The molecule has 0 aliphatic heterocycles. The molecule has 21 heavy (non-hydrogen) atoms. The normalized spacial score (nSPS) is 10.9. The number of aromatic nitrogens is 2. The van der Waals surface area contributed by atoms with Gasteiger partial charge in [0.1, 0.15) is 0 Å². The van der Waals surface area contributed by atoms with E-state index in [0.717, 1.165) is 10.2 Å². The number of pyridine rings is 1. The number of rotatable bonds is 5. The van der Waals surface area contributed by atoms with E-state index in [9.17, 15) is 10.1 Å². The minimum Gasteiger partial charge on any atom is -0.363 e. The molecule has 0 saturated heterocycles. The van der Waals surface area contributed by atoms with E-state index in [1.165, 1.54) is 9.28 Å². The van der Waals surface area contributed by atoms with Crippen molar-refractivity contribution in [3.05, 3.63) is 55.3 Å². The van der Waals surface area contributed by atoms with Gasteiger partial charge in [-0.25, -0.2) is 0 Å². The van der Waals surface area contributed by atoms with E-state index in [-0.39, 0.29) is 5.82 Å². The van der Waals surface area contributed by atoms with Gasteiger partial charge in [0.05, 0.1) is 9.98 Å². The van der Waals surface area contributed by atoms with Crippen LogP contribution >= 0.6 is 27.3 Å². The third-order valence-electron chi connectivity index (χ3n) is 2.97. The number of hydrogen-bond acceptors (Lipinski definition) is 5. The molecule has 0 aromatic carbocycles. The fraction of sp³-hybridized carbons (Fsp3) is 0.154. The van der Waals surface area contributed by atoms with Crippen molar-refractivity contribution in [1.29, 1.82) is 0 Å². The highest BCUT2D eigenvalue weighted by Gasteiger charge is 2.21. The lowest BCUT2D eigenvalue weighted by Gasteiger charge is -2.02. The number of nitrogens with zero attached hydrogens (tertiary/aromatic N) is 3. The second-order valence-electron chi connectivity index (χ2n) is 4.35. The first-order valence-electron chi connectivity index (χ1n) is 6.25. The molecular weight excluding hydrogens is 356 g/mol. The van der Waals surface area contributed by atoms with E-state index in [0.29, 0.717) is 18.0 Å². The van der Waals surface area contributed by atoms with Crippen LogP contribution < -0.4 is 5.32 Å². The lowest BCUT2D eigenvalue weighted by atomic mass is 10.3. The number of anilines is 1. The molecule has 0 atom stereocenters. The fourth-order valence-electron chi connectivity index (χ4n) is 2.07. The highest BCUT2D eigenvalue weighted by atomic mass is 79.9. The Morgan fingerprint density at radius 2 is 2.24 bits per heavy atom. The minimum atomic E-state index is -0.413. The predicted octanol–water partition coefficient (Wildman–Crippen LogP) is 3.72. The molecular formula is C13H11BrN4O2S. The third-order valence-corrected chi connectivity index (χ3v) is 4.65. The van der Waals surface area contributed by atoms with E-state index >= 15 is 0 Å². The van der Waals surface area contributed by atoms with Crippen LogP contribution in [0.3, 0.4) is 0 Å². The van der Waals surface area contributed by atoms with Crippen LogP contribution in [-0.4, -0.2) is 20.9 Å². The van der Waals surface area contributed by atoms with Crippen LogP contribution in [0, 0.1) is 10.1 Å². The Morgan fingerprint density at radius 3 is 2.95 bits per heavy atom.